The topological polar surface area (TPSA) is 32.3 Å². The molecule has 0 radical (unpaired) electrons. The van der Waals surface area contributed by atoms with Gasteiger partial charge in [-0.15, -0.1) is 0 Å². The van der Waals surface area contributed by atoms with Crippen LogP contribution in [0.3, 0.4) is 0 Å². The lowest BCUT2D eigenvalue weighted by atomic mass is 10.2. The van der Waals surface area contributed by atoms with E-state index in [-0.39, 0.29) is 5.91 Å². The van der Waals surface area contributed by atoms with Crippen LogP contribution in [-0.2, 0) is 4.79 Å². The van der Waals surface area contributed by atoms with Crippen LogP contribution >= 0.6 is 34.8 Å². The van der Waals surface area contributed by atoms with Gasteiger partial charge < -0.3 is 5.32 Å². The fraction of sp³-hybridized carbons (Fsp3) is 0.462. The van der Waals surface area contributed by atoms with Crippen molar-refractivity contribution in [2.45, 2.75) is 26.3 Å². The molecule has 0 aliphatic rings. The SMILES string of the molecule is CCC(C)N(C)CC(=O)Nc1cc(Cl)c(Cl)cc1Cl. The van der Waals surface area contributed by atoms with E-state index >= 15 is 0 Å². The Hall–Kier alpha value is -0.480. The second-order valence-electron chi connectivity index (χ2n) is 4.47. The number of hydrogen-bond acceptors (Lipinski definition) is 2. The third kappa shape index (κ3) is 4.84. The quantitative estimate of drug-likeness (QED) is 0.819. The highest BCUT2D eigenvalue weighted by molar-refractivity contribution is 6.44. The number of nitrogens with zero attached hydrogens (tertiary/aromatic N) is 1. The van der Waals surface area contributed by atoms with Crippen LogP contribution < -0.4 is 5.32 Å². The number of hydrogen-bond donors (Lipinski definition) is 1. The number of anilines is 1. The van der Waals surface area contributed by atoms with E-state index < -0.39 is 0 Å². The molecule has 19 heavy (non-hydrogen) atoms. The van der Waals surface area contributed by atoms with Crippen molar-refractivity contribution in [3.05, 3.63) is 27.2 Å². The van der Waals surface area contributed by atoms with E-state index in [1.54, 1.807) is 6.07 Å². The maximum Gasteiger partial charge on any atom is 0.238 e. The number of benzene rings is 1. The van der Waals surface area contributed by atoms with Crippen molar-refractivity contribution < 1.29 is 4.79 Å². The first-order valence-corrected chi connectivity index (χ1v) is 7.13. The summed E-state index contributed by atoms with van der Waals surface area (Å²) in [6.45, 7) is 4.44. The minimum absolute atomic E-state index is 0.136. The van der Waals surface area contributed by atoms with Crippen molar-refractivity contribution >= 4 is 46.4 Å². The third-order valence-electron chi connectivity index (χ3n) is 3.02. The molecule has 0 saturated carbocycles. The molecule has 106 valence electrons. The van der Waals surface area contributed by atoms with Crippen molar-refractivity contribution in [3.8, 4) is 0 Å². The molecule has 0 aliphatic heterocycles. The first-order chi connectivity index (χ1) is 8.85. The van der Waals surface area contributed by atoms with Crippen LogP contribution in [0.4, 0.5) is 5.69 Å². The number of amides is 1. The van der Waals surface area contributed by atoms with Crippen LogP contribution in [0.25, 0.3) is 0 Å². The number of nitrogens with one attached hydrogen (secondary N) is 1. The number of rotatable bonds is 5. The summed E-state index contributed by atoms with van der Waals surface area (Å²) in [4.78, 5) is 13.9. The molecule has 0 aliphatic carbocycles. The summed E-state index contributed by atoms with van der Waals surface area (Å²) in [5.41, 5.74) is 0.471. The van der Waals surface area contributed by atoms with E-state index in [9.17, 15) is 4.79 Å². The molecule has 6 heteroatoms. The van der Waals surface area contributed by atoms with Crippen molar-refractivity contribution in [1.29, 1.82) is 0 Å². The second-order valence-corrected chi connectivity index (χ2v) is 5.69. The Bertz CT molecular complexity index is 465. The third-order valence-corrected chi connectivity index (χ3v) is 4.06. The van der Waals surface area contributed by atoms with Crippen LogP contribution in [0.1, 0.15) is 20.3 Å². The summed E-state index contributed by atoms with van der Waals surface area (Å²) in [6.07, 6.45) is 0.983. The zero-order valence-electron chi connectivity index (χ0n) is 11.1. The summed E-state index contributed by atoms with van der Waals surface area (Å²) >= 11 is 17.7. The largest absolute Gasteiger partial charge is 0.324 e. The Kier molecular flexibility index (Phi) is 6.40. The Labute approximate surface area is 128 Å². The van der Waals surface area contributed by atoms with Gasteiger partial charge in [0.1, 0.15) is 0 Å². The minimum atomic E-state index is -0.136. The highest BCUT2D eigenvalue weighted by Gasteiger charge is 2.13. The molecule has 0 bridgehead atoms. The predicted molar refractivity (Wildman–Crippen MR) is 82.5 cm³/mol. The van der Waals surface area contributed by atoms with E-state index in [4.69, 9.17) is 34.8 Å². The Balaban J connectivity index is 2.70. The average Bonchev–Trinajstić information content (AvgIpc) is 2.34. The van der Waals surface area contributed by atoms with Crippen LogP contribution in [0.5, 0.6) is 0 Å². The molecule has 1 N–H and O–H groups in total. The summed E-state index contributed by atoms with van der Waals surface area (Å²) in [5.74, 6) is -0.136. The molecular weight excluding hydrogens is 307 g/mol. The maximum absolute atomic E-state index is 11.9. The first kappa shape index (κ1) is 16.6. The molecule has 1 aromatic rings. The summed E-state index contributed by atoms with van der Waals surface area (Å²) in [7, 11) is 1.91. The van der Waals surface area contributed by atoms with E-state index in [0.717, 1.165) is 6.42 Å². The van der Waals surface area contributed by atoms with Gasteiger partial charge in [-0.25, -0.2) is 0 Å². The second kappa shape index (κ2) is 7.34. The van der Waals surface area contributed by atoms with E-state index in [2.05, 4.69) is 19.2 Å². The minimum Gasteiger partial charge on any atom is -0.324 e. The zero-order valence-corrected chi connectivity index (χ0v) is 13.4. The molecule has 1 amide bonds. The van der Waals surface area contributed by atoms with Crippen molar-refractivity contribution in [2.24, 2.45) is 0 Å². The first-order valence-electron chi connectivity index (χ1n) is 5.99. The standard InChI is InChI=1S/C13H17Cl3N2O/c1-4-8(2)18(3)7-13(19)17-12-6-10(15)9(14)5-11(12)16/h5-6,8H,4,7H2,1-3H3,(H,17,19). The molecule has 0 heterocycles. The van der Waals surface area contributed by atoms with Gasteiger partial charge in [-0.2, -0.15) is 0 Å². The molecule has 0 fully saturated rings. The van der Waals surface area contributed by atoms with Gasteiger partial charge in [-0.1, -0.05) is 41.7 Å². The van der Waals surface area contributed by atoms with Crippen molar-refractivity contribution in [1.82, 2.24) is 4.90 Å². The molecule has 3 nitrogen and oxygen atoms in total. The average molecular weight is 324 g/mol. The van der Waals surface area contributed by atoms with E-state index in [1.165, 1.54) is 6.07 Å². The van der Waals surface area contributed by atoms with Gasteiger partial charge in [0.05, 0.1) is 27.3 Å². The monoisotopic (exact) mass is 322 g/mol. The number of halogens is 3. The highest BCUT2D eigenvalue weighted by atomic mass is 35.5. The molecule has 1 atom stereocenters. The van der Waals surface area contributed by atoms with Gasteiger partial charge in [0.15, 0.2) is 0 Å². The van der Waals surface area contributed by atoms with Crippen LogP contribution in [0.2, 0.25) is 15.1 Å². The summed E-state index contributed by atoms with van der Waals surface area (Å²) in [5, 5.41) is 3.82. The van der Waals surface area contributed by atoms with Gasteiger partial charge in [-0.3, -0.25) is 9.69 Å². The zero-order chi connectivity index (χ0) is 14.6. The Morgan fingerprint density at radius 2 is 1.84 bits per heavy atom. The Morgan fingerprint density at radius 1 is 1.26 bits per heavy atom. The molecule has 0 aromatic heterocycles. The lowest BCUT2D eigenvalue weighted by molar-refractivity contribution is -0.117. The molecule has 1 aromatic carbocycles. The number of carbonyl (C=O) groups excluding carboxylic acids is 1. The lowest BCUT2D eigenvalue weighted by Gasteiger charge is -2.22. The fourth-order valence-corrected chi connectivity index (χ4v) is 2.10. The van der Waals surface area contributed by atoms with E-state index in [0.29, 0.717) is 33.3 Å². The molecule has 0 saturated heterocycles. The summed E-state index contributed by atoms with van der Waals surface area (Å²) in [6, 6.07) is 3.40. The molecule has 1 unspecified atom stereocenters. The van der Waals surface area contributed by atoms with Crippen molar-refractivity contribution in [2.75, 3.05) is 18.9 Å². The van der Waals surface area contributed by atoms with Gasteiger partial charge >= 0.3 is 0 Å². The fourth-order valence-electron chi connectivity index (χ4n) is 1.50. The van der Waals surface area contributed by atoms with Gasteiger partial charge in [0, 0.05) is 6.04 Å². The summed E-state index contributed by atoms with van der Waals surface area (Å²) < 4.78 is 0. The molecule has 1 rings (SSSR count). The smallest absolute Gasteiger partial charge is 0.238 e. The number of carbonyl (C=O) groups is 1. The number of likely N-dealkylation sites (N-methyl/N-ethyl adjacent to an activating group) is 1. The van der Waals surface area contributed by atoms with Crippen LogP contribution in [0, 0.1) is 0 Å². The van der Waals surface area contributed by atoms with Crippen LogP contribution in [0.15, 0.2) is 12.1 Å². The lowest BCUT2D eigenvalue weighted by Crippen LogP contribution is -2.36. The molecule has 0 spiro atoms. The van der Waals surface area contributed by atoms with Gasteiger partial charge in [0.25, 0.3) is 0 Å². The van der Waals surface area contributed by atoms with Crippen molar-refractivity contribution in [3.63, 3.8) is 0 Å². The predicted octanol–water partition coefficient (Wildman–Crippen LogP) is 4.32. The van der Waals surface area contributed by atoms with E-state index in [1.807, 2.05) is 11.9 Å². The normalized spacial score (nSPS) is 12.6. The highest BCUT2D eigenvalue weighted by Crippen LogP contribution is 2.32. The van der Waals surface area contributed by atoms with Gasteiger partial charge in [0.2, 0.25) is 5.91 Å². The van der Waals surface area contributed by atoms with Crippen LogP contribution in [-0.4, -0.2) is 30.4 Å². The maximum atomic E-state index is 11.9. The molecular formula is C13H17Cl3N2O. The Morgan fingerprint density at radius 3 is 2.42 bits per heavy atom. The van der Waals surface area contributed by atoms with Gasteiger partial charge in [-0.05, 0) is 32.5 Å².